The number of sulfone groups is 1. The van der Waals surface area contributed by atoms with E-state index in [4.69, 9.17) is 0 Å². The van der Waals surface area contributed by atoms with Crippen molar-refractivity contribution < 1.29 is 17.2 Å². The van der Waals surface area contributed by atoms with Crippen LogP contribution in [0.25, 0.3) is 0 Å². The molecular formula is C13H17F2NO2S2. The van der Waals surface area contributed by atoms with Gasteiger partial charge in [0.05, 0.1) is 4.90 Å². The van der Waals surface area contributed by atoms with E-state index < -0.39 is 15.6 Å². The van der Waals surface area contributed by atoms with Crippen LogP contribution in [0.4, 0.5) is 14.5 Å². The number of halogens is 2. The minimum atomic E-state index is -4.49. The van der Waals surface area contributed by atoms with E-state index in [1.807, 2.05) is 11.8 Å². The lowest BCUT2D eigenvalue weighted by Crippen LogP contribution is -2.19. The van der Waals surface area contributed by atoms with Gasteiger partial charge in [-0.05, 0) is 54.5 Å². The molecule has 1 aromatic carbocycles. The fourth-order valence-corrected chi connectivity index (χ4v) is 4.00. The maximum absolute atomic E-state index is 12.4. The first-order chi connectivity index (χ1) is 9.50. The molecular weight excluding hydrogens is 304 g/mol. The van der Waals surface area contributed by atoms with E-state index in [1.54, 1.807) is 0 Å². The third-order valence-corrected chi connectivity index (χ3v) is 5.80. The summed E-state index contributed by atoms with van der Waals surface area (Å²) in [6.07, 6.45) is 2.35. The molecule has 7 heteroatoms. The van der Waals surface area contributed by atoms with E-state index in [0.29, 0.717) is 5.92 Å². The molecule has 1 aliphatic heterocycles. The number of benzene rings is 1. The van der Waals surface area contributed by atoms with Gasteiger partial charge in [-0.3, -0.25) is 0 Å². The first kappa shape index (κ1) is 15.6. The van der Waals surface area contributed by atoms with Gasteiger partial charge in [0.1, 0.15) is 0 Å². The van der Waals surface area contributed by atoms with Crippen LogP contribution in [0.1, 0.15) is 12.8 Å². The molecule has 1 saturated heterocycles. The molecule has 0 radical (unpaired) electrons. The molecule has 1 heterocycles. The fourth-order valence-electron chi connectivity index (χ4n) is 2.08. The summed E-state index contributed by atoms with van der Waals surface area (Å²) in [5.74, 6) is -0.391. The largest absolute Gasteiger partial charge is 0.385 e. The van der Waals surface area contributed by atoms with Gasteiger partial charge in [-0.2, -0.15) is 20.5 Å². The van der Waals surface area contributed by atoms with Crippen LogP contribution >= 0.6 is 11.8 Å². The molecule has 0 aliphatic carbocycles. The maximum atomic E-state index is 12.4. The lowest BCUT2D eigenvalue weighted by Gasteiger charge is -2.22. The zero-order valence-electron chi connectivity index (χ0n) is 10.9. The Morgan fingerprint density at radius 2 is 1.80 bits per heavy atom. The van der Waals surface area contributed by atoms with Gasteiger partial charge < -0.3 is 5.32 Å². The highest BCUT2D eigenvalue weighted by molar-refractivity contribution is 7.99. The molecule has 1 fully saturated rings. The molecule has 2 rings (SSSR count). The van der Waals surface area contributed by atoms with Crippen LogP contribution in [0.3, 0.4) is 0 Å². The Bertz CT molecular complexity index is 526. The van der Waals surface area contributed by atoms with Crippen molar-refractivity contribution in [1.29, 1.82) is 0 Å². The molecule has 0 amide bonds. The van der Waals surface area contributed by atoms with E-state index in [0.717, 1.165) is 12.2 Å². The number of anilines is 1. The molecule has 112 valence electrons. The van der Waals surface area contributed by atoms with Gasteiger partial charge in [-0.15, -0.1) is 0 Å². The number of rotatable bonds is 5. The molecule has 3 nitrogen and oxygen atoms in total. The number of alkyl halides is 2. The first-order valence-corrected chi connectivity index (χ1v) is 9.14. The van der Waals surface area contributed by atoms with Crippen molar-refractivity contribution in [3.63, 3.8) is 0 Å². The van der Waals surface area contributed by atoms with Crippen LogP contribution in [0, 0.1) is 5.92 Å². The van der Waals surface area contributed by atoms with E-state index in [-0.39, 0.29) is 4.90 Å². The third-order valence-electron chi connectivity index (χ3n) is 3.35. The van der Waals surface area contributed by atoms with Gasteiger partial charge in [-0.25, -0.2) is 8.42 Å². The van der Waals surface area contributed by atoms with Crippen molar-refractivity contribution in [2.75, 3.05) is 23.4 Å². The Morgan fingerprint density at radius 3 is 2.35 bits per heavy atom. The van der Waals surface area contributed by atoms with E-state index in [9.17, 15) is 17.2 Å². The Labute approximate surface area is 122 Å². The van der Waals surface area contributed by atoms with Gasteiger partial charge in [0.2, 0.25) is 9.84 Å². The summed E-state index contributed by atoms with van der Waals surface area (Å²) in [4.78, 5) is -0.341. The minimum Gasteiger partial charge on any atom is -0.385 e. The predicted molar refractivity (Wildman–Crippen MR) is 78.2 cm³/mol. The molecule has 0 unspecified atom stereocenters. The summed E-state index contributed by atoms with van der Waals surface area (Å²) < 4.78 is 47.3. The predicted octanol–water partition coefficient (Wildman–Crippen LogP) is 3.24. The SMILES string of the molecule is O=S(=O)(c1ccc(NCC2CCSCC2)cc1)C(F)F. The second-order valence-electron chi connectivity index (χ2n) is 4.77. The average molecular weight is 321 g/mol. The van der Waals surface area contributed by atoms with Crippen molar-refractivity contribution in [2.45, 2.75) is 23.5 Å². The smallest absolute Gasteiger partial charge is 0.341 e. The zero-order valence-corrected chi connectivity index (χ0v) is 12.5. The van der Waals surface area contributed by atoms with Crippen molar-refractivity contribution in [3.05, 3.63) is 24.3 Å². The Morgan fingerprint density at radius 1 is 1.20 bits per heavy atom. The Balaban J connectivity index is 1.94. The first-order valence-electron chi connectivity index (χ1n) is 6.44. The number of nitrogens with one attached hydrogen (secondary N) is 1. The molecule has 20 heavy (non-hydrogen) atoms. The molecule has 1 aliphatic rings. The topological polar surface area (TPSA) is 46.2 Å². The van der Waals surface area contributed by atoms with Crippen molar-refractivity contribution in [3.8, 4) is 0 Å². The normalized spacial score (nSPS) is 17.4. The molecule has 0 spiro atoms. The highest BCUT2D eigenvalue weighted by atomic mass is 32.2. The lowest BCUT2D eigenvalue weighted by atomic mass is 10.0. The van der Waals surface area contributed by atoms with Crippen molar-refractivity contribution in [2.24, 2.45) is 5.92 Å². The van der Waals surface area contributed by atoms with Crippen LogP contribution < -0.4 is 5.32 Å². The van der Waals surface area contributed by atoms with Crippen LogP contribution in [0.2, 0.25) is 0 Å². The summed E-state index contributed by atoms with van der Waals surface area (Å²) >= 11 is 1.96. The van der Waals surface area contributed by atoms with Crippen LogP contribution in [-0.4, -0.2) is 32.2 Å². The highest BCUT2D eigenvalue weighted by Gasteiger charge is 2.26. The molecule has 1 N–H and O–H groups in total. The van der Waals surface area contributed by atoms with E-state index >= 15 is 0 Å². The monoisotopic (exact) mass is 321 g/mol. The number of hydrogen-bond donors (Lipinski definition) is 1. The third kappa shape index (κ3) is 3.85. The summed E-state index contributed by atoms with van der Waals surface area (Å²) in [6, 6.07) is 5.51. The molecule has 1 aromatic rings. The second-order valence-corrected chi connectivity index (χ2v) is 7.91. The number of hydrogen-bond acceptors (Lipinski definition) is 4. The molecule has 0 aromatic heterocycles. The van der Waals surface area contributed by atoms with Gasteiger partial charge in [0.25, 0.3) is 0 Å². The summed E-state index contributed by atoms with van der Waals surface area (Å²) in [7, 11) is -4.49. The zero-order chi connectivity index (χ0) is 14.6. The number of thioether (sulfide) groups is 1. The summed E-state index contributed by atoms with van der Waals surface area (Å²) in [5.41, 5.74) is 0.761. The minimum absolute atomic E-state index is 0.341. The second kappa shape index (κ2) is 6.76. The summed E-state index contributed by atoms with van der Waals surface area (Å²) in [6.45, 7) is 0.835. The Hall–Kier alpha value is -0.820. The molecule has 0 atom stereocenters. The summed E-state index contributed by atoms with van der Waals surface area (Å²) in [5, 5.41) is 3.23. The van der Waals surface area contributed by atoms with Gasteiger partial charge in [-0.1, -0.05) is 0 Å². The van der Waals surface area contributed by atoms with Crippen LogP contribution in [-0.2, 0) is 9.84 Å². The van der Waals surface area contributed by atoms with Crippen LogP contribution in [0.5, 0.6) is 0 Å². The van der Waals surface area contributed by atoms with Gasteiger partial charge in [0.15, 0.2) is 0 Å². The van der Waals surface area contributed by atoms with Gasteiger partial charge in [0, 0.05) is 12.2 Å². The highest BCUT2D eigenvalue weighted by Crippen LogP contribution is 2.24. The van der Waals surface area contributed by atoms with E-state index in [1.165, 1.54) is 48.6 Å². The average Bonchev–Trinajstić information content (AvgIpc) is 2.46. The van der Waals surface area contributed by atoms with Gasteiger partial charge >= 0.3 is 5.76 Å². The van der Waals surface area contributed by atoms with Crippen molar-refractivity contribution >= 4 is 27.3 Å². The fraction of sp³-hybridized carbons (Fsp3) is 0.538. The molecule has 0 saturated carbocycles. The van der Waals surface area contributed by atoms with E-state index in [2.05, 4.69) is 5.32 Å². The van der Waals surface area contributed by atoms with Crippen molar-refractivity contribution in [1.82, 2.24) is 0 Å². The Kier molecular flexibility index (Phi) is 5.26. The lowest BCUT2D eigenvalue weighted by molar-refractivity contribution is 0.234. The quantitative estimate of drug-likeness (QED) is 0.904. The standard InChI is InChI=1S/C13H17F2NO2S2/c14-13(15)20(17,18)12-3-1-11(2-4-12)16-9-10-5-7-19-8-6-10/h1-4,10,13,16H,5-9H2. The molecule has 0 bridgehead atoms. The maximum Gasteiger partial charge on any atom is 0.341 e. The van der Waals surface area contributed by atoms with Crippen LogP contribution in [0.15, 0.2) is 29.2 Å².